The molecule has 0 aromatic rings. The van der Waals surface area contributed by atoms with Crippen molar-refractivity contribution in [2.75, 3.05) is 34.4 Å². The van der Waals surface area contributed by atoms with E-state index in [9.17, 15) is 70.6 Å². The normalized spacial score (nSPS) is 45.3. The van der Waals surface area contributed by atoms with E-state index in [1.54, 1.807) is 41.5 Å². The summed E-state index contributed by atoms with van der Waals surface area (Å²) in [6.07, 6.45) is -26.6. The van der Waals surface area contributed by atoms with Crippen LogP contribution in [0, 0.1) is 23.7 Å². The number of nitrogens with zero attached hydrogens (tertiary/aromatic N) is 1. The van der Waals surface area contributed by atoms with Crippen LogP contribution >= 0.6 is 0 Å². The zero-order valence-electron chi connectivity index (χ0n) is 45.3. The topological polar surface area (TPSA) is 412 Å². The molecule has 0 aromatic heterocycles. The van der Waals surface area contributed by atoms with Crippen molar-refractivity contribution in [3.05, 3.63) is 0 Å². The number of Topliss-reactive ketones (excluding diaryl/α,β-unsaturated/α-hetero) is 1. The van der Waals surface area contributed by atoms with Crippen molar-refractivity contribution >= 4 is 17.7 Å². The van der Waals surface area contributed by atoms with Crippen LogP contribution < -0.4 is 0 Å². The maximum Gasteiger partial charge on any atom is 0.335 e. The quantitative estimate of drug-likeness (QED) is 0.0698. The summed E-state index contributed by atoms with van der Waals surface area (Å²) in [5.41, 5.74) is -4.84. The number of carboxylic acid groups (broad SMARTS) is 1. The van der Waals surface area contributed by atoms with Gasteiger partial charge in [0.2, 0.25) is 0 Å². The fourth-order valence-corrected chi connectivity index (χ4v) is 10.6. The molecule has 0 spiro atoms. The Bertz CT molecular complexity index is 1790. The molecule has 14 N–H and O–H groups in total. The van der Waals surface area contributed by atoms with E-state index in [-0.39, 0.29) is 31.4 Å². The van der Waals surface area contributed by atoms with Crippen molar-refractivity contribution < 1.29 is 124 Å². The minimum Gasteiger partial charge on any atom is -0.479 e. The molecule has 440 valence electrons. The van der Waals surface area contributed by atoms with Gasteiger partial charge in [-0.2, -0.15) is 0 Å². The van der Waals surface area contributed by atoms with E-state index < -0.39 is 182 Å². The Kier molecular flexibility index (Phi) is 24.8. The highest BCUT2D eigenvalue weighted by atomic mass is 16.7. The summed E-state index contributed by atoms with van der Waals surface area (Å²) in [5.74, 6) is -6.81. The number of rotatable bonds is 15. The minimum absolute atomic E-state index is 0.0936. The van der Waals surface area contributed by atoms with Crippen LogP contribution in [-0.4, -0.2) is 268 Å². The largest absolute Gasteiger partial charge is 0.479 e. The lowest BCUT2D eigenvalue weighted by molar-refractivity contribution is -0.326. The van der Waals surface area contributed by atoms with Gasteiger partial charge >= 0.3 is 11.9 Å². The number of hydrogen-bond acceptors (Lipinski definition) is 25. The number of cyclic esters (lactones) is 1. The lowest BCUT2D eigenvalue weighted by atomic mass is 9.74. The molecule has 0 aromatic carbocycles. The summed E-state index contributed by atoms with van der Waals surface area (Å²) in [7, 11) is 5.18. The lowest BCUT2D eigenvalue weighted by Gasteiger charge is -2.49. The van der Waals surface area contributed by atoms with Gasteiger partial charge in [0.05, 0.1) is 60.9 Å². The second-order valence-corrected chi connectivity index (χ2v) is 21.8. The van der Waals surface area contributed by atoms with Crippen LogP contribution in [0.5, 0.6) is 0 Å². The molecule has 4 heterocycles. The number of carbonyl (C=O) groups is 3. The molecular weight excluding hydrogens is 1000 g/mol. The third kappa shape index (κ3) is 15.8. The summed E-state index contributed by atoms with van der Waals surface area (Å²) >= 11 is 0. The van der Waals surface area contributed by atoms with Crippen molar-refractivity contribution in [3.8, 4) is 0 Å². The highest BCUT2D eigenvalue weighted by Gasteiger charge is 2.54. The fourth-order valence-electron chi connectivity index (χ4n) is 10.6. The average Bonchev–Trinajstić information content (AvgIpc) is 3.35. The van der Waals surface area contributed by atoms with Gasteiger partial charge in [0, 0.05) is 37.3 Å². The van der Waals surface area contributed by atoms with Gasteiger partial charge < -0.3 is 114 Å². The van der Waals surface area contributed by atoms with Gasteiger partial charge in [0.1, 0.15) is 72.4 Å². The number of carboxylic acids is 1. The van der Waals surface area contributed by atoms with Gasteiger partial charge in [0.15, 0.2) is 25.0 Å². The number of ether oxygens (including phenoxy) is 8. The minimum atomic E-state index is -2.39. The van der Waals surface area contributed by atoms with Crippen molar-refractivity contribution in [2.45, 2.75) is 234 Å². The molecular formula is C49H89NO25. The van der Waals surface area contributed by atoms with Gasteiger partial charge in [-0.15, -0.1) is 0 Å². The van der Waals surface area contributed by atoms with E-state index in [1.807, 2.05) is 25.9 Å². The molecule has 0 amide bonds. The molecule has 0 saturated carbocycles. The molecule has 0 aliphatic carbocycles. The fraction of sp³-hybridized carbons (Fsp3) is 0.939. The maximum absolute atomic E-state index is 14.1. The maximum atomic E-state index is 14.1. The highest BCUT2D eigenvalue weighted by molar-refractivity contribution is 5.83. The lowest BCUT2D eigenvalue weighted by Crippen LogP contribution is -2.61. The van der Waals surface area contributed by atoms with E-state index >= 15 is 0 Å². The molecule has 4 saturated heterocycles. The molecule has 4 aliphatic rings. The van der Waals surface area contributed by atoms with Crippen LogP contribution in [0.3, 0.4) is 0 Å². The molecule has 26 nitrogen and oxygen atoms in total. The third-order valence-electron chi connectivity index (χ3n) is 15.4. The Balaban J connectivity index is 0.000000516. The first-order chi connectivity index (χ1) is 34.6. The standard InChI is InChI=1S/C37H67NO13.C12H22O12/c1-14-25-37(10,45)30(41)20(4)27(39)18(2)16-35(8,44)32(51-34-28(40)24(38(11)12)15-19(3)47-34)21(5)29(22(6)33(43)49-25)50-26-17-36(9,46-13)31(42)23(7)48-26;13-1-3(15)10(7(18)8(19)11(21)22)24-12-9(20)6(17)5(16)4(2-14)23-12/h18-26,28-32,34,40-42,44-45H,14-17H2,1-13H3;3-10,12-20H,1-2H2,(H,21,22)/t18-,19-,20+,21+,22-,23+,24+,25-,26+,28-,29+,30-,31+,32-,34+,35-,36-,37-;3-,4-,5+,6+,7-,8-,9-,10-,12+/m11/s1. The summed E-state index contributed by atoms with van der Waals surface area (Å²) in [5, 5.41) is 142. The second kappa shape index (κ2) is 27.8. The first-order valence-electron chi connectivity index (χ1n) is 25.5. The number of esters is 1. The molecule has 27 atom stereocenters. The van der Waals surface area contributed by atoms with Gasteiger partial charge in [-0.05, 0) is 74.9 Å². The van der Waals surface area contributed by atoms with E-state index in [1.165, 1.54) is 27.9 Å². The first-order valence-corrected chi connectivity index (χ1v) is 25.5. The van der Waals surface area contributed by atoms with E-state index in [2.05, 4.69) is 0 Å². The molecule has 75 heavy (non-hydrogen) atoms. The second-order valence-electron chi connectivity index (χ2n) is 21.8. The number of aliphatic hydroxyl groups is 13. The predicted octanol–water partition coefficient (Wildman–Crippen LogP) is -3.88. The van der Waals surface area contributed by atoms with E-state index in [0.717, 1.165) is 0 Å². The van der Waals surface area contributed by atoms with Gasteiger partial charge in [-0.25, -0.2) is 4.79 Å². The summed E-state index contributed by atoms with van der Waals surface area (Å²) in [6.45, 7) is 14.6. The molecule has 4 rings (SSSR count). The smallest absolute Gasteiger partial charge is 0.335 e. The Morgan fingerprint density at radius 1 is 0.800 bits per heavy atom. The Morgan fingerprint density at radius 2 is 1.40 bits per heavy atom. The monoisotopic (exact) mass is 1090 g/mol. The zero-order chi connectivity index (χ0) is 57.6. The SMILES string of the molecule is CC[C@H]1OC(=O)[C@H](C)[C@@H](O[C@H]2C[C@@](C)(OC)[C@@H](O)[C@H](C)O2)[C@H](C)[C@@H](O[C@@H]2O[C@H](C)C[C@H](N(C)C)[C@H]2O)[C@](C)(O)C[C@@H](C)C(=O)[C@H](C)[C@@H](O)[C@]1(C)O.O=C(O)[C@H](O)[C@@H](O)[C@H](O[C@@H]1O[C@H](CO)[C@H](O)[C@H](O)[C@H]1O)[C@H](O)CO. The van der Waals surface area contributed by atoms with Gasteiger partial charge in [-0.1, -0.05) is 27.7 Å². The number of methoxy groups -OCH3 is 1. The van der Waals surface area contributed by atoms with Crippen LogP contribution in [0.15, 0.2) is 0 Å². The molecule has 0 radical (unpaired) electrons. The summed E-state index contributed by atoms with van der Waals surface area (Å²) in [6, 6.07) is -0.324. The molecule has 4 fully saturated rings. The van der Waals surface area contributed by atoms with Gasteiger partial charge in [0.25, 0.3) is 0 Å². The van der Waals surface area contributed by atoms with Crippen molar-refractivity contribution in [1.82, 2.24) is 4.90 Å². The Labute approximate surface area is 438 Å². The average molecular weight is 1090 g/mol. The number of carbonyl (C=O) groups excluding carboxylic acids is 2. The van der Waals surface area contributed by atoms with Crippen molar-refractivity contribution in [3.63, 3.8) is 0 Å². The van der Waals surface area contributed by atoms with Crippen molar-refractivity contribution in [1.29, 1.82) is 0 Å². The summed E-state index contributed by atoms with van der Waals surface area (Å²) < 4.78 is 47.0. The zero-order valence-corrected chi connectivity index (χ0v) is 45.3. The number of ketones is 1. The van der Waals surface area contributed by atoms with Crippen LogP contribution in [-0.2, 0) is 52.3 Å². The molecule has 4 aliphatic heterocycles. The number of hydrogen-bond donors (Lipinski definition) is 14. The van der Waals surface area contributed by atoms with Crippen LogP contribution in [0.2, 0.25) is 0 Å². The van der Waals surface area contributed by atoms with Crippen LogP contribution in [0.25, 0.3) is 0 Å². The molecule has 0 unspecified atom stereocenters. The molecule has 0 bridgehead atoms. The van der Waals surface area contributed by atoms with E-state index in [0.29, 0.717) is 6.42 Å². The number of likely N-dealkylation sites (N-methyl/N-ethyl adjacent to an activating group) is 1. The Morgan fingerprint density at radius 3 is 1.92 bits per heavy atom. The van der Waals surface area contributed by atoms with Crippen LogP contribution in [0.4, 0.5) is 0 Å². The predicted molar refractivity (Wildman–Crippen MR) is 258 cm³/mol. The van der Waals surface area contributed by atoms with E-state index in [4.69, 9.17) is 53.2 Å². The summed E-state index contributed by atoms with van der Waals surface area (Å²) in [4.78, 5) is 40.5. The highest BCUT2D eigenvalue weighted by Crippen LogP contribution is 2.41. The van der Waals surface area contributed by atoms with Gasteiger partial charge in [-0.3, -0.25) is 9.59 Å². The number of aliphatic hydroxyl groups excluding tert-OH is 11. The number of aliphatic carboxylic acids is 1. The Hall–Kier alpha value is -2.23. The van der Waals surface area contributed by atoms with Crippen molar-refractivity contribution in [2.24, 2.45) is 23.7 Å². The first kappa shape index (κ1) is 67.0. The third-order valence-corrected chi connectivity index (χ3v) is 15.4. The molecule has 26 heteroatoms. The van der Waals surface area contributed by atoms with Crippen LogP contribution in [0.1, 0.15) is 94.9 Å².